The number of amides is 2. The smallest absolute Gasteiger partial charge is 0.407 e. The minimum Gasteiger partial charge on any atom is -0.449 e. The topological polar surface area (TPSA) is 97.0 Å². The van der Waals surface area contributed by atoms with Crippen LogP contribution in [0.15, 0.2) is 0 Å². The lowest BCUT2D eigenvalue weighted by molar-refractivity contribution is -0.123. The molecule has 1 aliphatic rings. The molecule has 0 bridgehead atoms. The van der Waals surface area contributed by atoms with Crippen LogP contribution in [-0.4, -0.2) is 66.8 Å². The summed E-state index contributed by atoms with van der Waals surface area (Å²) in [7, 11) is -2.83. The van der Waals surface area contributed by atoms with Crippen molar-refractivity contribution in [2.24, 2.45) is 5.92 Å². The van der Waals surface area contributed by atoms with E-state index >= 15 is 0 Å². The van der Waals surface area contributed by atoms with Crippen LogP contribution in [0.3, 0.4) is 0 Å². The number of thiol groups is 2. The van der Waals surface area contributed by atoms with Gasteiger partial charge in [-0.3, -0.25) is 9.36 Å². The molecule has 11 heteroatoms. The Kier molecular flexibility index (Phi) is 10.4. The normalized spacial score (nSPS) is 19.6. The van der Waals surface area contributed by atoms with E-state index in [-0.39, 0.29) is 36.2 Å². The summed E-state index contributed by atoms with van der Waals surface area (Å²) in [4.78, 5) is 24.1. The molecular formula is C15H30N3O5PS2. The van der Waals surface area contributed by atoms with Crippen LogP contribution in [-0.2, 0) is 18.6 Å². The number of carbonyl (C=O) groups excluding carboxylic acids is 2. The van der Waals surface area contributed by atoms with Gasteiger partial charge in [0.1, 0.15) is 6.04 Å². The summed E-state index contributed by atoms with van der Waals surface area (Å²) in [5.74, 6) is 0.190. The fourth-order valence-corrected chi connectivity index (χ4v) is 4.72. The van der Waals surface area contributed by atoms with Gasteiger partial charge in [0.25, 0.3) is 7.52 Å². The zero-order valence-electron chi connectivity index (χ0n) is 15.5. The molecule has 8 nitrogen and oxygen atoms in total. The van der Waals surface area contributed by atoms with Crippen molar-refractivity contribution in [1.29, 1.82) is 0 Å². The molecule has 2 N–H and O–H groups in total. The number of piperidine rings is 1. The van der Waals surface area contributed by atoms with E-state index in [4.69, 9.17) is 9.26 Å². The molecule has 2 amide bonds. The number of hydrogen-bond acceptors (Lipinski definition) is 7. The van der Waals surface area contributed by atoms with Gasteiger partial charge in [0.05, 0.1) is 12.5 Å². The second kappa shape index (κ2) is 11.4. The monoisotopic (exact) mass is 427 g/mol. The molecule has 1 saturated heterocycles. The van der Waals surface area contributed by atoms with Crippen LogP contribution in [0, 0.1) is 5.92 Å². The average molecular weight is 428 g/mol. The minimum absolute atomic E-state index is 0.0504. The first-order chi connectivity index (χ1) is 12.2. The molecule has 152 valence electrons. The summed E-state index contributed by atoms with van der Waals surface area (Å²) in [6.45, 7) is 6.84. The van der Waals surface area contributed by atoms with Crippen LogP contribution < -0.4 is 10.6 Å². The Balaban J connectivity index is 2.44. The van der Waals surface area contributed by atoms with E-state index in [2.05, 4.69) is 35.9 Å². The molecular weight excluding hydrogens is 397 g/mol. The Hall–Kier alpha value is -0.410. The molecule has 0 saturated carbocycles. The van der Waals surface area contributed by atoms with Gasteiger partial charge in [-0.15, -0.1) is 0 Å². The summed E-state index contributed by atoms with van der Waals surface area (Å²) in [6.07, 6.45) is 0.672. The minimum atomic E-state index is -2.83. The molecule has 1 rings (SSSR count). The summed E-state index contributed by atoms with van der Waals surface area (Å²) < 4.78 is 24.4. The van der Waals surface area contributed by atoms with Crippen LogP contribution in [0.1, 0.15) is 26.7 Å². The maximum atomic E-state index is 12.4. The number of nitrogens with one attached hydrogen (secondary N) is 2. The second-order valence-electron chi connectivity index (χ2n) is 6.67. The molecule has 0 aliphatic carbocycles. The largest absolute Gasteiger partial charge is 0.449 e. The predicted octanol–water partition coefficient (Wildman–Crippen LogP) is 1.97. The van der Waals surface area contributed by atoms with Gasteiger partial charge in [0.15, 0.2) is 0 Å². The number of carbonyl (C=O) groups is 2. The molecule has 2 atom stereocenters. The van der Waals surface area contributed by atoms with Gasteiger partial charge < -0.3 is 19.9 Å². The van der Waals surface area contributed by atoms with Crippen LogP contribution in [0.2, 0.25) is 0 Å². The molecule has 0 spiro atoms. The molecule has 0 aromatic carbocycles. The second-order valence-corrected chi connectivity index (χ2v) is 9.72. The summed E-state index contributed by atoms with van der Waals surface area (Å²) in [5, 5.41) is 5.44. The van der Waals surface area contributed by atoms with Crippen molar-refractivity contribution in [3.63, 3.8) is 0 Å². The SMILES string of the molecule is CC(C)COC(=O)N[C@@H](CS)C(=O)NC1CCN(P(C)(=O)OCS)CC1. The van der Waals surface area contributed by atoms with E-state index in [9.17, 15) is 14.2 Å². The Morgan fingerprint density at radius 3 is 2.38 bits per heavy atom. The highest BCUT2D eigenvalue weighted by atomic mass is 32.1. The van der Waals surface area contributed by atoms with Crippen LogP contribution in [0.25, 0.3) is 0 Å². The first-order valence-electron chi connectivity index (χ1n) is 8.62. The first-order valence-corrected chi connectivity index (χ1v) is 11.9. The third kappa shape index (κ3) is 8.08. The van der Waals surface area contributed by atoms with Crippen LogP contribution in [0.5, 0.6) is 0 Å². The van der Waals surface area contributed by atoms with E-state index < -0.39 is 19.7 Å². The summed E-state index contributed by atoms with van der Waals surface area (Å²) in [5.41, 5.74) is 0. The maximum absolute atomic E-state index is 12.4. The Morgan fingerprint density at radius 1 is 1.27 bits per heavy atom. The van der Waals surface area contributed by atoms with Gasteiger partial charge in [-0.1, -0.05) is 13.8 Å². The quantitative estimate of drug-likeness (QED) is 0.255. The third-order valence-electron chi connectivity index (χ3n) is 3.97. The number of rotatable bonds is 9. The van der Waals surface area contributed by atoms with Crippen molar-refractivity contribution >= 4 is 44.8 Å². The fraction of sp³-hybridized carbons (Fsp3) is 0.867. The van der Waals surface area contributed by atoms with Gasteiger partial charge in [-0.25, -0.2) is 9.46 Å². The van der Waals surface area contributed by atoms with E-state index in [1.807, 2.05) is 13.8 Å². The highest BCUT2D eigenvalue weighted by molar-refractivity contribution is 7.80. The summed E-state index contributed by atoms with van der Waals surface area (Å²) in [6, 6.07) is -0.813. The predicted molar refractivity (Wildman–Crippen MR) is 108 cm³/mol. The third-order valence-corrected chi connectivity index (χ3v) is 6.70. The van der Waals surface area contributed by atoms with Crippen molar-refractivity contribution in [2.75, 3.05) is 38.1 Å². The lowest BCUT2D eigenvalue weighted by Gasteiger charge is -2.35. The van der Waals surface area contributed by atoms with Crippen molar-refractivity contribution in [3.8, 4) is 0 Å². The van der Waals surface area contributed by atoms with Crippen molar-refractivity contribution in [1.82, 2.24) is 15.3 Å². The number of ether oxygens (including phenoxy) is 1. The average Bonchev–Trinajstić information content (AvgIpc) is 2.58. The van der Waals surface area contributed by atoms with Gasteiger partial charge in [0.2, 0.25) is 5.91 Å². The highest BCUT2D eigenvalue weighted by Crippen LogP contribution is 2.48. The van der Waals surface area contributed by atoms with Crippen LogP contribution >= 0.6 is 32.8 Å². The fourth-order valence-electron chi connectivity index (χ4n) is 2.48. The molecule has 1 aliphatic heterocycles. The van der Waals surface area contributed by atoms with Gasteiger partial charge in [-0.05, 0) is 18.8 Å². The molecule has 1 heterocycles. The molecule has 26 heavy (non-hydrogen) atoms. The molecule has 0 aromatic heterocycles. The first kappa shape index (κ1) is 23.6. The van der Waals surface area contributed by atoms with Crippen molar-refractivity contribution in [2.45, 2.75) is 38.8 Å². The standard InChI is InChI=1S/C15H30N3O5PS2/c1-11(2)8-22-15(20)17-13(9-25)14(19)16-12-4-6-18(7-5-12)24(3,21)23-10-26/h11-13,25-26H,4-10H2,1-3H3,(H,16,19)(H,17,20)/t13-,24?/m0/s1. The molecule has 1 fully saturated rings. The van der Waals surface area contributed by atoms with Crippen LogP contribution in [0.4, 0.5) is 4.79 Å². The van der Waals surface area contributed by atoms with E-state index in [1.54, 1.807) is 11.3 Å². The number of alkyl carbamates (subject to hydrolysis) is 1. The Morgan fingerprint density at radius 2 is 1.88 bits per heavy atom. The summed E-state index contributed by atoms with van der Waals surface area (Å²) >= 11 is 8.08. The van der Waals surface area contributed by atoms with Gasteiger partial charge in [-0.2, -0.15) is 25.3 Å². The highest BCUT2D eigenvalue weighted by Gasteiger charge is 2.32. The van der Waals surface area contributed by atoms with E-state index in [0.29, 0.717) is 25.9 Å². The van der Waals surface area contributed by atoms with Gasteiger partial charge >= 0.3 is 6.09 Å². The maximum Gasteiger partial charge on any atom is 0.407 e. The molecule has 0 radical (unpaired) electrons. The van der Waals surface area contributed by atoms with Crippen molar-refractivity contribution in [3.05, 3.63) is 0 Å². The zero-order chi connectivity index (χ0) is 19.7. The lowest BCUT2D eigenvalue weighted by atomic mass is 10.1. The number of nitrogens with zero attached hydrogens (tertiary/aromatic N) is 1. The van der Waals surface area contributed by atoms with Crippen molar-refractivity contribution < 1.29 is 23.4 Å². The Labute approximate surface area is 166 Å². The number of hydrogen-bond donors (Lipinski definition) is 4. The molecule has 0 aromatic rings. The van der Waals surface area contributed by atoms with E-state index in [1.165, 1.54) is 0 Å². The Bertz CT molecular complexity index is 516. The zero-order valence-corrected chi connectivity index (χ0v) is 18.2. The van der Waals surface area contributed by atoms with E-state index in [0.717, 1.165) is 0 Å². The van der Waals surface area contributed by atoms with Gasteiger partial charge in [0, 0.05) is 31.5 Å². The lowest BCUT2D eigenvalue weighted by Crippen LogP contribution is -2.52. The molecule has 1 unspecified atom stereocenters.